The van der Waals surface area contributed by atoms with Crippen LogP contribution >= 0.6 is 11.6 Å². The van der Waals surface area contributed by atoms with Gasteiger partial charge in [0, 0.05) is 11.4 Å². The van der Waals surface area contributed by atoms with E-state index in [1.54, 1.807) is 12.1 Å². The molecular formula is C12H14ClNO. The molecule has 0 aromatic heterocycles. The summed E-state index contributed by atoms with van der Waals surface area (Å²) in [7, 11) is 0. The molecular weight excluding hydrogens is 210 g/mol. The van der Waals surface area contributed by atoms with Gasteiger partial charge in [-0.05, 0) is 30.5 Å². The fourth-order valence-corrected chi connectivity index (χ4v) is 2.31. The SMILES string of the molecule is NC1(c2cccc(Cl)c2)CCCCC1=O. The second kappa shape index (κ2) is 3.95. The van der Waals surface area contributed by atoms with Crippen LogP contribution in [-0.2, 0) is 10.3 Å². The Balaban J connectivity index is 2.39. The minimum absolute atomic E-state index is 0.135. The summed E-state index contributed by atoms with van der Waals surface area (Å²) in [6.07, 6.45) is 3.28. The van der Waals surface area contributed by atoms with Crippen molar-refractivity contribution in [2.24, 2.45) is 5.73 Å². The zero-order chi connectivity index (χ0) is 10.9. The second-order valence-corrected chi connectivity index (χ2v) is 4.55. The first-order valence-electron chi connectivity index (χ1n) is 5.21. The number of halogens is 1. The highest BCUT2D eigenvalue weighted by molar-refractivity contribution is 6.30. The fraction of sp³-hybridized carbons (Fsp3) is 0.417. The van der Waals surface area contributed by atoms with Crippen LogP contribution in [0.3, 0.4) is 0 Å². The van der Waals surface area contributed by atoms with Crippen molar-refractivity contribution >= 4 is 17.4 Å². The van der Waals surface area contributed by atoms with Crippen LogP contribution in [0, 0.1) is 0 Å². The predicted octanol–water partition coefficient (Wildman–Crippen LogP) is 2.64. The maximum Gasteiger partial charge on any atom is 0.157 e. The van der Waals surface area contributed by atoms with E-state index < -0.39 is 5.54 Å². The van der Waals surface area contributed by atoms with Gasteiger partial charge in [-0.25, -0.2) is 0 Å². The van der Waals surface area contributed by atoms with Crippen LogP contribution in [0.1, 0.15) is 31.2 Å². The largest absolute Gasteiger partial charge is 0.315 e. The van der Waals surface area contributed by atoms with E-state index in [0.29, 0.717) is 11.4 Å². The number of Topliss-reactive ketones (excluding diaryl/α,β-unsaturated/α-hetero) is 1. The summed E-state index contributed by atoms with van der Waals surface area (Å²) in [5, 5.41) is 0.635. The van der Waals surface area contributed by atoms with Crippen molar-refractivity contribution in [2.75, 3.05) is 0 Å². The highest BCUT2D eigenvalue weighted by Gasteiger charge is 2.37. The van der Waals surface area contributed by atoms with Crippen LogP contribution < -0.4 is 5.73 Å². The van der Waals surface area contributed by atoms with Crippen molar-refractivity contribution in [1.82, 2.24) is 0 Å². The highest BCUT2D eigenvalue weighted by Crippen LogP contribution is 2.32. The molecule has 1 atom stereocenters. The molecule has 0 bridgehead atoms. The van der Waals surface area contributed by atoms with Gasteiger partial charge in [-0.2, -0.15) is 0 Å². The standard InChI is InChI=1S/C12H14ClNO/c13-10-5-3-4-9(8-10)12(14)7-2-1-6-11(12)15/h3-5,8H,1-2,6-7,14H2. The summed E-state index contributed by atoms with van der Waals surface area (Å²) in [5.41, 5.74) is 6.23. The molecule has 2 rings (SSSR count). The Kier molecular flexibility index (Phi) is 2.81. The quantitative estimate of drug-likeness (QED) is 0.796. The molecule has 1 aliphatic carbocycles. The van der Waals surface area contributed by atoms with E-state index in [4.69, 9.17) is 17.3 Å². The number of hydrogen-bond acceptors (Lipinski definition) is 2. The monoisotopic (exact) mass is 223 g/mol. The van der Waals surface area contributed by atoms with E-state index in [2.05, 4.69) is 0 Å². The van der Waals surface area contributed by atoms with E-state index in [-0.39, 0.29) is 5.78 Å². The summed E-state index contributed by atoms with van der Waals surface area (Å²) in [6.45, 7) is 0. The maximum absolute atomic E-state index is 11.9. The lowest BCUT2D eigenvalue weighted by Gasteiger charge is -2.32. The molecule has 0 radical (unpaired) electrons. The Hall–Kier alpha value is -0.860. The molecule has 1 aliphatic rings. The molecule has 0 heterocycles. The second-order valence-electron chi connectivity index (χ2n) is 4.11. The van der Waals surface area contributed by atoms with Gasteiger partial charge in [0.05, 0.1) is 0 Å². The van der Waals surface area contributed by atoms with Gasteiger partial charge in [0.1, 0.15) is 5.54 Å². The summed E-state index contributed by atoms with van der Waals surface area (Å²) in [6, 6.07) is 7.32. The van der Waals surface area contributed by atoms with Crippen molar-refractivity contribution in [1.29, 1.82) is 0 Å². The van der Waals surface area contributed by atoms with Crippen LogP contribution in [0.5, 0.6) is 0 Å². The van der Waals surface area contributed by atoms with Crippen LogP contribution in [-0.4, -0.2) is 5.78 Å². The van der Waals surface area contributed by atoms with Gasteiger partial charge < -0.3 is 5.73 Å². The van der Waals surface area contributed by atoms with Crippen LogP contribution in [0.25, 0.3) is 0 Å². The Morgan fingerprint density at radius 3 is 2.80 bits per heavy atom. The molecule has 2 N–H and O–H groups in total. The van der Waals surface area contributed by atoms with Gasteiger partial charge in [0.15, 0.2) is 5.78 Å². The molecule has 1 fully saturated rings. The zero-order valence-corrected chi connectivity index (χ0v) is 9.26. The van der Waals surface area contributed by atoms with Gasteiger partial charge in [0.25, 0.3) is 0 Å². The predicted molar refractivity (Wildman–Crippen MR) is 60.8 cm³/mol. The number of benzene rings is 1. The normalized spacial score (nSPS) is 26.7. The zero-order valence-electron chi connectivity index (χ0n) is 8.50. The number of rotatable bonds is 1. The topological polar surface area (TPSA) is 43.1 Å². The molecule has 1 saturated carbocycles. The van der Waals surface area contributed by atoms with Crippen molar-refractivity contribution < 1.29 is 4.79 Å². The van der Waals surface area contributed by atoms with Gasteiger partial charge >= 0.3 is 0 Å². The molecule has 0 amide bonds. The Labute approximate surface area is 94.4 Å². The molecule has 3 heteroatoms. The first-order valence-corrected chi connectivity index (χ1v) is 5.59. The van der Waals surface area contributed by atoms with E-state index in [1.165, 1.54) is 0 Å². The summed E-state index contributed by atoms with van der Waals surface area (Å²) in [4.78, 5) is 11.9. The van der Waals surface area contributed by atoms with Gasteiger partial charge in [-0.15, -0.1) is 0 Å². The summed E-state index contributed by atoms with van der Waals surface area (Å²) < 4.78 is 0. The van der Waals surface area contributed by atoms with Gasteiger partial charge in [-0.3, -0.25) is 4.79 Å². The molecule has 80 valence electrons. The molecule has 0 saturated heterocycles. The lowest BCUT2D eigenvalue weighted by molar-refractivity contribution is -0.126. The molecule has 0 spiro atoms. The smallest absolute Gasteiger partial charge is 0.157 e. The van der Waals surface area contributed by atoms with Gasteiger partial charge in [-0.1, -0.05) is 30.2 Å². The van der Waals surface area contributed by atoms with Crippen molar-refractivity contribution in [3.8, 4) is 0 Å². The molecule has 1 aromatic carbocycles. The van der Waals surface area contributed by atoms with Crippen LogP contribution in [0.4, 0.5) is 0 Å². The van der Waals surface area contributed by atoms with E-state index >= 15 is 0 Å². The first-order chi connectivity index (χ1) is 7.13. The highest BCUT2D eigenvalue weighted by atomic mass is 35.5. The van der Waals surface area contributed by atoms with E-state index in [1.807, 2.05) is 12.1 Å². The fourth-order valence-electron chi connectivity index (χ4n) is 2.12. The number of carbonyl (C=O) groups excluding carboxylic acids is 1. The molecule has 0 aliphatic heterocycles. The number of ketones is 1. The number of hydrogen-bond donors (Lipinski definition) is 1. The van der Waals surface area contributed by atoms with Crippen molar-refractivity contribution in [3.63, 3.8) is 0 Å². The average Bonchev–Trinajstić information content (AvgIpc) is 2.23. The minimum atomic E-state index is -0.802. The lowest BCUT2D eigenvalue weighted by Crippen LogP contribution is -2.46. The summed E-state index contributed by atoms with van der Waals surface area (Å²) in [5.74, 6) is 0.135. The Morgan fingerprint density at radius 1 is 1.33 bits per heavy atom. The molecule has 15 heavy (non-hydrogen) atoms. The first kappa shape index (κ1) is 10.7. The van der Waals surface area contributed by atoms with E-state index in [0.717, 1.165) is 24.8 Å². The maximum atomic E-state index is 11.9. The van der Waals surface area contributed by atoms with Crippen LogP contribution in [0.2, 0.25) is 5.02 Å². The van der Waals surface area contributed by atoms with E-state index in [9.17, 15) is 4.79 Å². The third-order valence-electron chi connectivity index (χ3n) is 3.06. The number of carbonyl (C=O) groups is 1. The lowest BCUT2D eigenvalue weighted by atomic mass is 9.76. The molecule has 2 nitrogen and oxygen atoms in total. The summed E-state index contributed by atoms with van der Waals surface area (Å²) >= 11 is 5.91. The van der Waals surface area contributed by atoms with Crippen molar-refractivity contribution in [2.45, 2.75) is 31.2 Å². The van der Waals surface area contributed by atoms with Gasteiger partial charge in [0.2, 0.25) is 0 Å². The third-order valence-corrected chi connectivity index (χ3v) is 3.30. The number of nitrogens with two attached hydrogens (primary N) is 1. The minimum Gasteiger partial charge on any atom is -0.315 e. The Bertz CT molecular complexity index is 391. The third kappa shape index (κ3) is 1.92. The van der Waals surface area contributed by atoms with Crippen LogP contribution in [0.15, 0.2) is 24.3 Å². The van der Waals surface area contributed by atoms with Crippen molar-refractivity contribution in [3.05, 3.63) is 34.9 Å². The molecule has 1 unspecified atom stereocenters. The Morgan fingerprint density at radius 2 is 2.13 bits per heavy atom. The average molecular weight is 224 g/mol. The molecule has 1 aromatic rings.